The summed E-state index contributed by atoms with van der Waals surface area (Å²) in [6, 6.07) is 9.95. The summed E-state index contributed by atoms with van der Waals surface area (Å²) in [6.45, 7) is -0.0386. The van der Waals surface area contributed by atoms with E-state index in [1.165, 1.54) is 4.90 Å². The number of nitrogens with two attached hydrogens (primary N) is 2. The second-order valence-corrected chi connectivity index (χ2v) is 10.3. The molecule has 1 fully saturated rings. The van der Waals surface area contributed by atoms with Crippen LogP contribution in [0.2, 0.25) is 0 Å². The van der Waals surface area contributed by atoms with Crippen molar-refractivity contribution in [3.05, 3.63) is 70.0 Å². The molecule has 4 unspecified atom stereocenters. The van der Waals surface area contributed by atoms with E-state index >= 15 is 0 Å². The minimum absolute atomic E-state index is 0.0272. The van der Waals surface area contributed by atoms with Crippen LogP contribution in [0, 0.1) is 11.8 Å². The highest BCUT2D eigenvalue weighted by atomic mass is 16.3. The summed E-state index contributed by atoms with van der Waals surface area (Å²) in [5.41, 5.74) is 10.0. The molecule has 0 heterocycles. The van der Waals surface area contributed by atoms with E-state index in [2.05, 4.69) is 0 Å². The van der Waals surface area contributed by atoms with Gasteiger partial charge in [0.25, 0.3) is 5.91 Å². The number of carbonyl (C=O) groups excluding carboxylic acids is 3. The summed E-state index contributed by atoms with van der Waals surface area (Å²) in [7, 11) is 3.13. The van der Waals surface area contributed by atoms with E-state index in [0.717, 1.165) is 11.1 Å². The van der Waals surface area contributed by atoms with Gasteiger partial charge in [-0.3, -0.25) is 19.3 Å². The summed E-state index contributed by atoms with van der Waals surface area (Å²) >= 11 is 0. The molecule has 0 bridgehead atoms. The van der Waals surface area contributed by atoms with E-state index in [1.54, 1.807) is 20.2 Å². The van der Waals surface area contributed by atoms with E-state index < -0.39 is 58.0 Å². The topological polar surface area (TPSA) is 187 Å². The van der Waals surface area contributed by atoms with Gasteiger partial charge in [0.15, 0.2) is 11.4 Å². The highest BCUT2D eigenvalue weighted by molar-refractivity contribution is 6.24. The Bertz CT molecular complexity index is 1460. The number of ketones is 2. The van der Waals surface area contributed by atoms with E-state index in [4.69, 9.17) is 11.5 Å². The third kappa shape index (κ3) is 3.34. The van der Waals surface area contributed by atoms with Gasteiger partial charge in [0.1, 0.15) is 22.8 Å². The molecule has 8 N–H and O–H groups in total. The minimum atomic E-state index is -2.67. The quantitative estimate of drug-likeness (QED) is 0.321. The van der Waals surface area contributed by atoms with Crippen molar-refractivity contribution in [2.75, 3.05) is 14.1 Å². The molecule has 38 heavy (non-hydrogen) atoms. The molecule has 5 rings (SSSR count). The second kappa shape index (κ2) is 8.80. The van der Waals surface area contributed by atoms with Gasteiger partial charge in [0.05, 0.1) is 11.6 Å². The third-order valence-corrected chi connectivity index (χ3v) is 8.10. The Labute approximate surface area is 218 Å². The predicted molar refractivity (Wildman–Crippen MR) is 138 cm³/mol. The first-order valence-corrected chi connectivity index (χ1v) is 12.2. The molecule has 10 nitrogen and oxygen atoms in total. The van der Waals surface area contributed by atoms with E-state index in [-0.39, 0.29) is 36.3 Å². The Morgan fingerprint density at radius 2 is 1.79 bits per heavy atom. The standard InChI is InChI=1S/C28H29N3O7/c1-31(2)21-17-10-13-8-16-15(12-6-4-3-5-7-12)9-14(11-29)22(32)19(16)23(33)18(13)25(35)28(17,38)26(36)20(24(21)34)27(30)37/h3-7,9,13,17,21,32-33,36,38H,8,10-11,29H2,1-2H3,(H2,30,37). The lowest BCUT2D eigenvalue weighted by Gasteiger charge is -2.50. The maximum Gasteiger partial charge on any atom is 0.255 e. The summed E-state index contributed by atoms with van der Waals surface area (Å²) in [5, 5.41) is 45.2. The number of rotatable bonds is 4. The molecule has 2 aromatic carbocycles. The monoisotopic (exact) mass is 519 g/mol. The molecule has 0 radical (unpaired) electrons. The van der Waals surface area contributed by atoms with Gasteiger partial charge in [-0.05, 0) is 55.6 Å². The number of aliphatic hydroxyl groups is 3. The van der Waals surface area contributed by atoms with Gasteiger partial charge in [-0.15, -0.1) is 0 Å². The Morgan fingerprint density at radius 1 is 1.13 bits per heavy atom. The summed E-state index contributed by atoms with van der Waals surface area (Å²) in [5.74, 6) is -6.81. The lowest BCUT2D eigenvalue weighted by atomic mass is 9.57. The number of phenolic OH excluding ortho intramolecular Hbond substituents is 1. The van der Waals surface area contributed by atoms with E-state index in [1.807, 2.05) is 30.3 Å². The molecule has 0 saturated heterocycles. The van der Waals surface area contributed by atoms with E-state index in [9.17, 15) is 34.8 Å². The number of hydrogen-bond donors (Lipinski definition) is 6. The van der Waals surface area contributed by atoms with E-state index in [0.29, 0.717) is 11.1 Å². The van der Waals surface area contributed by atoms with Crippen LogP contribution in [0.15, 0.2) is 53.3 Å². The average Bonchev–Trinajstić information content (AvgIpc) is 2.86. The molecule has 10 heteroatoms. The van der Waals surface area contributed by atoms with Crippen LogP contribution in [-0.4, -0.2) is 68.5 Å². The van der Waals surface area contributed by atoms with Crippen molar-refractivity contribution < 1.29 is 34.8 Å². The highest BCUT2D eigenvalue weighted by Gasteiger charge is 2.64. The van der Waals surface area contributed by atoms with Crippen LogP contribution < -0.4 is 11.5 Å². The molecule has 1 saturated carbocycles. The smallest absolute Gasteiger partial charge is 0.255 e. The van der Waals surface area contributed by atoms with Gasteiger partial charge in [-0.2, -0.15) is 0 Å². The number of primary amides is 1. The number of amides is 1. The number of likely N-dealkylation sites (N-methyl/N-ethyl adjacent to an activating group) is 1. The number of fused-ring (bicyclic) bond motifs is 3. The molecule has 3 aliphatic rings. The molecule has 0 aliphatic heterocycles. The number of Topliss-reactive ketones (excluding diaryl/α,β-unsaturated/α-hetero) is 2. The van der Waals surface area contributed by atoms with Gasteiger partial charge >= 0.3 is 0 Å². The van der Waals surface area contributed by atoms with Crippen molar-refractivity contribution >= 4 is 23.2 Å². The predicted octanol–water partition coefficient (Wildman–Crippen LogP) is 1.09. The minimum Gasteiger partial charge on any atom is -0.508 e. The normalized spacial score (nSPS) is 26.8. The fourth-order valence-corrected chi connectivity index (χ4v) is 6.40. The Balaban J connectivity index is 1.78. The lowest BCUT2D eigenvalue weighted by molar-refractivity contribution is -0.153. The zero-order valence-electron chi connectivity index (χ0n) is 20.9. The van der Waals surface area contributed by atoms with Crippen LogP contribution in [0.1, 0.15) is 23.1 Å². The van der Waals surface area contributed by atoms with Crippen LogP contribution in [0.25, 0.3) is 16.9 Å². The summed E-state index contributed by atoms with van der Waals surface area (Å²) in [4.78, 5) is 40.7. The Kier molecular flexibility index (Phi) is 5.94. The average molecular weight is 520 g/mol. The molecule has 2 aromatic rings. The van der Waals surface area contributed by atoms with Crippen molar-refractivity contribution in [2.24, 2.45) is 23.3 Å². The second-order valence-electron chi connectivity index (χ2n) is 10.3. The lowest BCUT2D eigenvalue weighted by Crippen LogP contribution is -2.65. The number of carbonyl (C=O) groups is 3. The summed E-state index contributed by atoms with van der Waals surface area (Å²) < 4.78 is 0. The number of benzene rings is 2. The summed E-state index contributed by atoms with van der Waals surface area (Å²) in [6.07, 6.45) is 0.233. The zero-order chi connectivity index (χ0) is 27.7. The van der Waals surface area contributed by atoms with Crippen molar-refractivity contribution in [3.8, 4) is 16.9 Å². The van der Waals surface area contributed by atoms with Crippen LogP contribution in [0.3, 0.4) is 0 Å². The first kappa shape index (κ1) is 25.7. The molecule has 1 amide bonds. The Hall–Kier alpha value is -3.99. The molecular formula is C28H29N3O7. The van der Waals surface area contributed by atoms with Crippen LogP contribution in [0.5, 0.6) is 5.75 Å². The van der Waals surface area contributed by atoms with Crippen LogP contribution >= 0.6 is 0 Å². The van der Waals surface area contributed by atoms with Gasteiger partial charge in [0, 0.05) is 23.6 Å². The maximum atomic E-state index is 14.0. The van der Waals surface area contributed by atoms with Crippen molar-refractivity contribution in [3.63, 3.8) is 0 Å². The molecular weight excluding hydrogens is 490 g/mol. The molecule has 3 aliphatic carbocycles. The van der Waals surface area contributed by atoms with Crippen LogP contribution in [0.4, 0.5) is 0 Å². The van der Waals surface area contributed by atoms with Gasteiger partial charge < -0.3 is 31.9 Å². The fraction of sp³-hybridized carbons (Fsp3) is 0.321. The van der Waals surface area contributed by atoms with Gasteiger partial charge in [-0.1, -0.05) is 30.3 Å². The largest absolute Gasteiger partial charge is 0.508 e. The SMILES string of the molecule is CN(C)C1C(=O)C(C(N)=O)=C(O)C2(O)C(=O)C3=C(O)c4c(O)c(CN)cc(-c5ccccc5)c4CC3CC12. The van der Waals surface area contributed by atoms with Crippen LogP contribution in [-0.2, 0) is 27.3 Å². The van der Waals surface area contributed by atoms with Crippen molar-refractivity contribution in [1.82, 2.24) is 4.90 Å². The molecule has 0 aromatic heterocycles. The fourth-order valence-electron chi connectivity index (χ4n) is 6.40. The number of aromatic hydroxyl groups is 1. The number of aliphatic hydroxyl groups excluding tert-OH is 2. The first-order valence-electron chi connectivity index (χ1n) is 12.2. The molecule has 0 spiro atoms. The van der Waals surface area contributed by atoms with Crippen molar-refractivity contribution in [1.29, 1.82) is 0 Å². The van der Waals surface area contributed by atoms with Crippen molar-refractivity contribution in [2.45, 2.75) is 31.0 Å². The first-order chi connectivity index (χ1) is 17.9. The maximum absolute atomic E-state index is 14.0. The number of phenols is 1. The third-order valence-electron chi connectivity index (χ3n) is 8.10. The van der Waals surface area contributed by atoms with Gasteiger partial charge in [0.2, 0.25) is 5.78 Å². The molecule has 198 valence electrons. The molecule has 4 atom stereocenters. The highest BCUT2D eigenvalue weighted by Crippen LogP contribution is 2.54. The zero-order valence-corrected chi connectivity index (χ0v) is 20.9. The number of nitrogens with zero attached hydrogens (tertiary/aromatic N) is 1. The Morgan fingerprint density at radius 3 is 2.37 bits per heavy atom. The number of hydrogen-bond acceptors (Lipinski definition) is 9. The van der Waals surface area contributed by atoms with Gasteiger partial charge in [-0.25, -0.2) is 0 Å².